The summed E-state index contributed by atoms with van der Waals surface area (Å²) >= 11 is 0. The van der Waals surface area contributed by atoms with Crippen LogP contribution in [0.4, 0.5) is 0 Å². The molecule has 5 heteroatoms. The summed E-state index contributed by atoms with van der Waals surface area (Å²) in [6, 6.07) is -0.395. The maximum absolute atomic E-state index is 11.3. The summed E-state index contributed by atoms with van der Waals surface area (Å²) in [6.07, 6.45) is 0. The number of nitrogens with two attached hydrogens (primary N) is 1. The Morgan fingerprint density at radius 1 is 1.71 bits per heavy atom. The lowest BCUT2D eigenvalue weighted by Crippen LogP contribution is -2.62. The van der Waals surface area contributed by atoms with E-state index in [-0.39, 0.29) is 18.4 Å². The smallest absolute Gasteiger partial charge is 0.241 e. The quantitative estimate of drug-likeness (QED) is 0.566. The van der Waals surface area contributed by atoms with Crippen molar-refractivity contribution in [2.45, 2.75) is 19.9 Å². The average Bonchev–Trinajstić information content (AvgIpc) is 2.14. The molecule has 1 atom stereocenters. The highest BCUT2D eigenvalue weighted by molar-refractivity contribution is 5.91. The molecule has 80 valence electrons. The minimum atomic E-state index is -0.395. The molecule has 3 N–H and O–H groups in total. The Morgan fingerprint density at radius 2 is 2.36 bits per heavy atom. The van der Waals surface area contributed by atoms with Crippen molar-refractivity contribution < 1.29 is 9.59 Å². The molecule has 0 bridgehead atoms. The summed E-state index contributed by atoms with van der Waals surface area (Å²) in [5.41, 5.74) is 5.39. The molecule has 0 aromatic heterocycles. The van der Waals surface area contributed by atoms with E-state index < -0.39 is 6.04 Å². The number of hydrogen-bond donors (Lipinski definition) is 2. The first-order valence-electron chi connectivity index (χ1n) is 4.81. The van der Waals surface area contributed by atoms with Crippen molar-refractivity contribution in [2.75, 3.05) is 19.6 Å². The molecule has 1 aliphatic heterocycles. The van der Waals surface area contributed by atoms with Gasteiger partial charge in [-0.15, -0.1) is 0 Å². The van der Waals surface area contributed by atoms with E-state index in [1.807, 2.05) is 13.8 Å². The number of amides is 2. The van der Waals surface area contributed by atoms with Crippen LogP contribution in [0, 0.1) is 5.92 Å². The zero-order valence-electron chi connectivity index (χ0n) is 8.62. The molecule has 1 aliphatic rings. The Bertz CT molecular complexity index is 240. The third-order valence-electron chi connectivity index (χ3n) is 2.09. The Labute approximate surface area is 83.6 Å². The Morgan fingerprint density at radius 3 is 2.79 bits per heavy atom. The molecule has 5 nitrogen and oxygen atoms in total. The summed E-state index contributed by atoms with van der Waals surface area (Å²) in [7, 11) is 0. The van der Waals surface area contributed by atoms with Gasteiger partial charge < -0.3 is 16.0 Å². The van der Waals surface area contributed by atoms with Crippen LogP contribution in [-0.4, -0.2) is 42.4 Å². The highest BCUT2D eigenvalue weighted by atomic mass is 16.2. The van der Waals surface area contributed by atoms with Crippen molar-refractivity contribution in [3.8, 4) is 0 Å². The maximum atomic E-state index is 11.3. The minimum absolute atomic E-state index is 0.112. The number of rotatable bonds is 4. The van der Waals surface area contributed by atoms with E-state index >= 15 is 0 Å². The van der Waals surface area contributed by atoms with Gasteiger partial charge >= 0.3 is 0 Å². The van der Waals surface area contributed by atoms with Crippen LogP contribution in [0.3, 0.4) is 0 Å². The van der Waals surface area contributed by atoms with Crippen molar-refractivity contribution >= 4 is 11.8 Å². The number of nitrogens with one attached hydrogen (secondary N) is 1. The van der Waals surface area contributed by atoms with Gasteiger partial charge in [0.25, 0.3) is 0 Å². The van der Waals surface area contributed by atoms with Gasteiger partial charge in [-0.2, -0.15) is 0 Å². The number of hydrogen-bond acceptors (Lipinski definition) is 3. The van der Waals surface area contributed by atoms with Gasteiger partial charge in [-0.3, -0.25) is 9.59 Å². The lowest BCUT2D eigenvalue weighted by Gasteiger charge is -2.35. The van der Waals surface area contributed by atoms with Gasteiger partial charge in [0.2, 0.25) is 11.8 Å². The van der Waals surface area contributed by atoms with Crippen LogP contribution in [0.5, 0.6) is 0 Å². The van der Waals surface area contributed by atoms with Gasteiger partial charge in [0.15, 0.2) is 0 Å². The second kappa shape index (κ2) is 4.41. The van der Waals surface area contributed by atoms with Crippen molar-refractivity contribution in [3.63, 3.8) is 0 Å². The van der Waals surface area contributed by atoms with Gasteiger partial charge in [-0.25, -0.2) is 0 Å². The molecule has 1 rings (SSSR count). The normalized spacial score (nSPS) is 21.0. The monoisotopic (exact) mass is 199 g/mol. The fraction of sp³-hybridized carbons (Fsp3) is 0.778. The number of β-lactam (4-membered cyclic amide) rings is 1. The Hall–Kier alpha value is -1.10. The lowest BCUT2D eigenvalue weighted by atomic mass is 10.1. The largest absolute Gasteiger partial charge is 0.354 e. The summed E-state index contributed by atoms with van der Waals surface area (Å²) in [6.45, 7) is 5.32. The topological polar surface area (TPSA) is 75.4 Å². The summed E-state index contributed by atoms with van der Waals surface area (Å²) in [4.78, 5) is 23.8. The van der Waals surface area contributed by atoms with Crippen LogP contribution >= 0.6 is 0 Å². The summed E-state index contributed by atoms with van der Waals surface area (Å²) < 4.78 is 0. The maximum Gasteiger partial charge on any atom is 0.241 e. The molecule has 1 fully saturated rings. The standard InChI is InChI=1S/C9H17N3O2/c1-6(2)3-11-8(13)5-12-4-7(10)9(12)14/h6-7H,3-5,10H2,1-2H3,(H,11,13). The first-order chi connectivity index (χ1) is 6.50. The number of carbonyl (C=O) groups excluding carboxylic acids is 2. The van der Waals surface area contributed by atoms with Gasteiger partial charge in [-0.1, -0.05) is 13.8 Å². The van der Waals surface area contributed by atoms with Crippen molar-refractivity contribution in [1.82, 2.24) is 10.2 Å². The first kappa shape index (κ1) is 11.0. The molecule has 14 heavy (non-hydrogen) atoms. The van der Waals surface area contributed by atoms with Crippen LogP contribution in [0.15, 0.2) is 0 Å². The molecule has 1 saturated heterocycles. The van der Waals surface area contributed by atoms with Crippen LogP contribution in [0.1, 0.15) is 13.8 Å². The second-order valence-corrected chi connectivity index (χ2v) is 4.02. The highest BCUT2D eigenvalue weighted by Gasteiger charge is 2.34. The predicted molar refractivity (Wildman–Crippen MR) is 52.4 cm³/mol. The van der Waals surface area contributed by atoms with Crippen molar-refractivity contribution in [3.05, 3.63) is 0 Å². The predicted octanol–water partition coefficient (Wildman–Crippen LogP) is -1.07. The van der Waals surface area contributed by atoms with E-state index in [1.54, 1.807) is 0 Å². The molecular weight excluding hydrogens is 182 g/mol. The molecule has 0 spiro atoms. The summed E-state index contributed by atoms with van der Waals surface area (Å²) in [5.74, 6) is 0.178. The molecule has 2 amide bonds. The van der Waals surface area contributed by atoms with Gasteiger partial charge in [0.05, 0.1) is 6.54 Å². The molecule has 0 aromatic carbocycles. The molecule has 0 saturated carbocycles. The number of likely N-dealkylation sites (tertiary alicyclic amines) is 1. The van der Waals surface area contributed by atoms with Crippen LogP contribution in [0.2, 0.25) is 0 Å². The van der Waals surface area contributed by atoms with Gasteiger partial charge in [0.1, 0.15) is 6.04 Å². The molecule has 1 unspecified atom stereocenters. The van der Waals surface area contributed by atoms with E-state index in [0.717, 1.165) is 0 Å². The zero-order valence-corrected chi connectivity index (χ0v) is 8.62. The fourth-order valence-electron chi connectivity index (χ4n) is 1.22. The van der Waals surface area contributed by atoms with E-state index in [9.17, 15) is 9.59 Å². The van der Waals surface area contributed by atoms with E-state index in [4.69, 9.17) is 5.73 Å². The van der Waals surface area contributed by atoms with E-state index in [0.29, 0.717) is 19.0 Å². The molecular formula is C9H17N3O2. The average molecular weight is 199 g/mol. The lowest BCUT2D eigenvalue weighted by molar-refractivity contribution is -0.145. The van der Waals surface area contributed by atoms with Gasteiger partial charge in [0, 0.05) is 13.1 Å². The Balaban J connectivity index is 2.19. The number of nitrogens with zero attached hydrogens (tertiary/aromatic N) is 1. The third-order valence-corrected chi connectivity index (χ3v) is 2.09. The first-order valence-corrected chi connectivity index (χ1v) is 4.81. The number of carbonyl (C=O) groups is 2. The van der Waals surface area contributed by atoms with Crippen LogP contribution in [-0.2, 0) is 9.59 Å². The van der Waals surface area contributed by atoms with Gasteiger partial charge in [-0.05, 0) is 5.92 Å². The minimum Gasteiger partial charge on any atom is -0.354 e. The molecule has 1 heterocycles. The zero-order chi connectivity index (χ0) is 10.7. The molecule has 0 aliphatic carbocycles. The van der Waals surface area contributed by atoms with E-state index in [1.165, 1.54) is 4.90 Å². The third kappa shape index (κ3) is 2.70. The fourth-order valence-corrected chi connectivity index (χ4v) is 1.22. The van der Waals surface area contributed by atoms with E-state index in [2.05, 4.69) is 5.32 Å². The summed E-state index contributed by atoms with van der Waals surface area (Å²) in [5, 5.41) is 2.74. The van der Waals surface area contributed by atoms with Crippen molar-refractivity contribution in [1.29, 1.82) is 0 Å². The SMILES string of the molecule is CC(C)CNC(=O)CN1CC(N)C1=O. The molecule has 0 radical (unpaired) electrons. The van der Waals surface area contributed by atoms with Crippen LogP contribution in [0.25, 0.3) is 0 Å². The second-order valence-electron chi connectivity index (χ2n) is 4.02. The molecule has 0 aromatic rings. The van der Waals surface area contributed by atoms with Crippen LogP contribution < -0.4 is 11.1 Å². The van der Waals surface area contributed by atoms with Crippen molar-refractivity contribution in [2.24, 2.45) is 11.7 Å². The highest BCUT2D eigenvalue weighted by Crippen LogP contribution is 2.06. The Kier molecular flexibility index (Phi) is 3.46.